The van der Waals surface area contributed by atoms with Crippen molar-refractivity contribution in [2.75, 3.05) is 0 Å². The highest BCUT2D eigenvalue weighted by molar-refractivity contribution is 5.85. The minimum atomic E-state index is -0.0814. The van der Waals surface area contributed by atoms with Crippen molar-refractivity contribution >= 4 is 22.2 Å². The molecule has 0 aliphatic heterocycles. The number of fused-ring (bicyclic) bond motifs is 5. The molecule has 0 saturated heterocycles. The van der Waals surface area contributed by atoms with Gasteiger partial charge in [0.25, 0.3) is 0 Å². The molecule has 0 bridgehead atoms. The highest BCUT2D eigenvalue weighted by atomic mass is 16.4. The van der Waals surface area contributed by atoms with Gasteiger partial charge in [-0.15, -0.1) is 0 Å². The number of para-hydroxylation sites is 4. The molecule has 0 fully saturated rings. The van der Waals surface area contributed by atoms with Gasteiger partial charge in [-0.05, 0) is 94.0 Å². The van der Waals surface area contributed by atoms with E-state index in [1.54, 1.807) is 0 Å². The maximum Gasteiger partial charge on any atom is 0.227 e. The van der Waals surface area contributed by atoms with E-state index in [1.165, 1.54) is 22.3 Å². The quantitative estimate of drug-likeness (QED) is 0.207. The van der Waals surface area contributed by atoms with Gasteiger partial charge in [-0.1, -0.05) is 74.5 Å². The molecule has 5 heteroatoms. The van der Waals surface area contributed by atoms with Crippen LogP contribution < -0.4 is 0 Å². The Morgan fingerprint density at radius 1 is 0.489 bits per heavy atom. The zero-order valence-corrected chi connectivity index (χ0v) is 24.8. The van der Waals surface area contributed by atoms with Gasteiger partial charge in [0.05, 0.1) is 5.69 Å². The Morgan fingerprint density at radius 2 is 1.09 bits per heavy atom. The van der Waals surface area contributed by atoms with Crippen LogP contribution in [0, 0.1) is 0 Å². The molecule has 3 aromatic heterocycles. The van der Waals surface area contributed by atoms with Crippen molar-refractivity contribution in [2.45, 2.75) is 19.3 Å². The molecule has 0 saturated carbocycles. The van der Waals surface area contributed by atoms with E-state index in [-0.39, 0.29) is 5.41 Å². The fourth-order valence-electron chi connectivity index (χ4n) is 6.66. The Hall–Kier alpha value is -5.81. The number of rotatable bonds is 4. The topological polar surface area (TPSA) is 65.0 Å². The summed E-state index contributed by atoms with van der Waals surface area (Å²) in [7, 11) is 0. The number of hydrogen-bond donors (Lipinski definition) is 0. The number of nitrogens with zero attached hydrogens (tertiary/aromatic N) is 3. The average molecular weight is 582 g/mol. The summed E-state index contributed by atoms with van der Waals surface area (Å²) >= 11 is 0. The smallest absolute Gasteiger partial charge is 0.227 e. The first-order chi connectivity index (χ1) is 22.0. The summed E-state index contributed by atoms with van der Waals surface area (Å²) in [6.07, 6.45) is 1.88. The molecular formula is C40H27N3O2. The Balaban J connectivity index is 1.18. The molecule has 214 valence electrons. The minimum Gasteiger partial charge on any atom is -0.436 e. The van der Waals surface area contributed by atoms with Crippen LogP contribution in [-0.2, 0) is 5.41 Å². The predicted molar refractivity (Wildman–Crippen MR) is 179 cm³/mol. The molecule has 5 aromatic carbocycles. The van der Waals surface area contributed by atoms with Gasteiger partial charge in [-0.2, -0.15) is 0 Å². The lowest BCUT2D eigenvalue weighted by atomic mass is 9.82. The normalized spacial score (nSPS) is 13.3. The van der Waals surface area contributed by atoms with Crippen LogP contribution in [0.3, 0.4) is 0 Å². The predicted octanol–water partition coefficient (Wildman–Crippen LogP) is 10.3. The van der Waals surface area contributed by atoms with Crippen LogP contribution >= 0.6 is 0 Å². The van der Waals surface area contributed by atoms with Crippen molar-refractivity contribution in [1.29, 1.82) is 0 Å². The third-order valence-electron chi connectivity index (χ3n) is 8.99. The molecule has 0 amide bonds. The van der Waals surface area contributed by atoms with Crippen molar-refractivity contribution < 1.29 is 8.83 Å². The molecule has 8 aromatic rings. The molecule has 3 heterocycles. The number of pyridine rings is 1. The van der Waals surface area contributed by atoms with E-state index in [2.05, 4.69) is 74.5 Å². The van der Waals surface area contributed by atoms with Gasteiger partial charge in [0, 0.05) is 28.3 Å². The van der Waals surface area contributed by atoms with Gasteiger partial charge in [0.15, 0.2) is 11.2 Å². The zero-order valence-electron chi connectivity index (χ0n) is 24.8. The second-order valence-electron chi connectivity index (χ2n) is 12.1. The van der Waals surface area contributed by atoms with Crippen molar-refractivity contribution in [3.05, 3.63) is 139 Å². The number of oxazole rings is 2. The van der Waals surface area contributed by atoms with E-state index >= 15 is 0 Å². The summed E-state index contributed by atoms with van der Waals surface area (Å²) in [5.74, 6) is 1.09. The number of aromatic nitrogens is 3. The average Bonchev–Trinajstić information content (AvgIpc) is 3.78. The molecule has 9 rings (SSSR count). The van der Waals surface area contributed by atoms with E-state index in [0.29, 0.717) is 11.8 Å². The standard InChI is InChI=1S/C40H27N3O2/c1-40(2)31-10-4-3-9-29(31)30-16-15-25(22-32(30)40)35-23-24(17-18-41-35)26-19-27(38-42-33-11-5-7-13-36(33)44-38)21-28(20-26)39-43-34-12-6-8-14-37(34)45-39/h3-23H,1-2H3. The van der Waals surface area contributed by atoms with Gasteiger partial charge in [-0.25, -0.2) is 9.97 Å². The third kappa shape index (κ3) is 4.12. The Morgan fingerprint density at radius 3 is 1.78 bits per heavy atom. The summed E-state index contributed by atoms with van der Waals surface area (Å²) in [6.45, 7) is 4.60. The van der Waals surface area contributed by atoms with Gasteiger partial charge in [-0.3, -0.25) is 4.98 Å². The van der Waals surface area contributed by atoms with Crippen LogP contribution in [0.4, 0.5) is 0 Å². The zero-order chi connectivity index (χ0) is 30.1. The number of hydrogen-bond acceptors (Lipinski definition) is 5. The molecule has 1 aliphatic carbocycles. The van der Waals surface area contributed by atoms with Crippen molar-refractivity contribution in [3.63, 3.8) is 0 Å². The van der Waals surface area contributed by atoms with Crippen LogP contribution in [0.25, 0.3) is 78.6 Å². The Kier molecular flexibility index (Phi) is 5.47. The lowest BCUT2D eigenvalue weighted by molar-refractivity contribution is 0.617. The summed E-state index contributed by atoms with van der Waals surface area (Å²) in [5, 5.41) is 0. The van der Waals surface area contributed by atoms with Crippen molar-refractivity contribution in [2.24, 2.45) is 0 Å². The van der Waals surface area contributed by atoms with Crippen LogP contribution in [0.5, 0.6) is 0 Å². The second-order valence-corrected chi connectivity index (χ2v) is 12.1. The van der Waals surface area contributed by atoms with Gasteiger partial charge >= 0.3 is 0 Å². The molecule has 0 spiro atoms. The van der Waals surface area contributed by atoms with Crippen LogP contribution in [0.2, 0.25) is 0 Å². The molecule has 45 heavy (non-hydrogen) atoms. The largest absolute Gasteiger partial charge is 0.436 e. The molecule has 0 N–H and O–H groups in total. The minimum absolute atomic E-state index is 0.0814. The summed E-state index contributed by atoms with van der Waals surface area (Å²) < 4.78 is 12.4. The van der Waals surface area contributed by atoms with Gasteiger partial charge in [0.2, 0.25) is 11.8 Å². The SMILES string of the molecule is CC1(C)c2ccccc2-c2ccc(-c3cc(-c4cc(-c5nc6ccccc6o5)cc(-c5nc6ccccc6o5)c4)ccn3)cc21. The lowest BCUT2D eigenvalue weighted by Crippen LogP contribution is -2.14. The van der Waals surface area contributed by atoms with E-state index in [9.17, 15) is 0 Å². The molecular weight excluding hydrogens is 554 g/mol. The van der Waals surface area contributed by atoms with Crippen molar-refractivity contribution in [1.82, 2.24) is 15.0 Å². The van der Waals surface area contributed by atoms with Crippen LogP contribution in [0.15, 0.2) is 136 Å². The molecule has 1 aliphatic rings. The van der Waals surface area contributed by atoms with Gasteiger partial charge in [0.1, 0.15) is 11.0 Å². The van der Waals surface area contributed by atoms with Gasteiger partial charge < -0.3 is 8.83 Å². The lowest BCUT2D eigenvalue weighted by Gasteiger charge is -2.21. The summed E-state index contributed by atoms with van der Waals surface area (Å²) in [4.78, 5) is 14.4. The van der Waals surface area contributed by atoms with E-state index in [1.807, 2.05) is 66.9 Å². The Labute approximate surface area is 259 Å². The fraction of sp³-hybridized carbons (Fsp3) is 0.0750. The summed E-state index contributed by atoms with van der Waals surface area (Å²) in [5.41, 5.74) is 14.0. The highest BCUT2D eigenvalue weighted by Gasteiger charge is 2.35. The first kappa shape index (κ1) is 25.7. The molecule has 0 atom stereocenters. The third-order valence-corrected chi connectivity index (χ3v) is 8.99. The molecule has 5 nitrogen and oxygen atoms in total. The first-order valence-corrected chi connectivity index (χ1v) is 15.1. The number of benzene rings is 5. The monoisotopic (exact) mass is 581 g/mol. The summed E-state index contributed by atoms with van der Waals surface area (Å²) in [6, 6.07) is 41.5. The molecule has 0 radical (unpaired) electrons. The Bertz CT molecular complexity index is 2270. The molecule has 0 unspecified atom stereocenters. The maximum absolute atomic E-state index is 6.20. The van der Waals surface area contributed by atoms with Crippen LogP contribution in [-0.4, -0.2) is 15.0 Å². The van der Waals surface area contributed by atoms with E-state index in [4.69, 9.17) is 23.8 Å². The highest BCUT2D eigenvalue weighted by Crippen LogP contribution is 2.49. The maximum atomic E-state index is 6.20. The first-order valence-electron chi connectivity index (χ1n) is 15.1. The van der Waals surface area contributed by atoms with E-state index < -0.39 is 0 Å². The fourth-order valence-corrected chi connectivity index (χ4v) is 6.66. The second kappa shape index (κ2) is 9.60. The van der Waals surface area contributed by atoms with E-state index in [0.717, 1.165) is 55.7 Å². The van der Waals surface area contributed by atoms with Crippen molar-refractivity contribution in [3.8, 4) is 56.4 Å². The van der Waals surface area contributed by atoms with Crippen LogP contribution in [0.1, 0.15) is 25.0 Å².